The summed E-state index contributed by atoms with van der Waals surface area (Å²) in [4.78, 5) is 10.8. The van der Waals surface area contributed by atoms with Crippen molar-refractivity contribution in [3.05, 3.63) is 205 Å². The van der Waals surface area contributed by atoms with Crippen LogP contribution in [0.2, 0.25) is 0 Å². The molecule has 1 aliphatic rings. The van der Waals surface area contributed by atoms with Gasteiger partial charge in [-0.1, -0.05) is 158 Å². The molecule has 1 aromatic heterocycles. The molecule has 57 heavy (non-hydrogen) atoms. The number of aliphatic imine (C=N–C) groups is 2. The van der Waals surface area contributed by atoms with Crippen LogP contribution in [-0.2, 0) is 0 Å². The third kappa shape index (κ3) is 5.15. The van der Waals surface area contributed by atoms with E-state index in [1.807, 2.05) is 0 Å². The fraction of sp³-hybridized carbons (Fsp3) is 0.0189. The number of nitrogens with zero attached hydrogens (tertiary/aromatic N) is 2. The van der Waals surface area contributed by atoms with Crippen LogP contribution >= 0.6 is 0 Å². The maximum atomic E-state index is 6.65. The van der Waals surface area contributed by atoms with E-state index in [0.29, 0.717) is 0 Å². The Morgan fingerprint density at radius 2 is 0.877 bits per heavy atom. The van der Waals surface area contributed by atoms with Crippen molar-refractivity contribution in [3.8, 4) is 11.1 Å². The first kappa shape index (κ1) is 31.8. The van der Waals surface area contributed by atoms with Gasteiger partial charge in [0.1, 0.15) is 22.8 Å². The fourth-order valence-electron chi connectivity index (χ4n) is 8.89. The zero-order valence-corrected chi connectivity index (χ0v) is 30.8. The largest absolute Gasteiger partial charge is 0.456 e. The minimum atomic E-state index is -0.523. The fourth-order valence-corrected chi connectivity index (χ4v) is 8.89. The van der Waals surface area contributed by atoms with Gasteiger partial charge in [-0.15, -0.1) is 0 Å². The molecule has 0 saturated heterocycles. The van der Waals surface area contributed by atoms with E-state index < -0.39 is 6.17 Å². The third-order valence-corrected chi connectivity index (χ3v) is 11.7. The van der Waals surface area contributed by atoms with E-state index in [-0.39, 0.29) is 0 Å². The maximum absolute atomic E-state index is 6.65. The molecule has 0 unspecified atom stereocenters. The molecule has 10 aromatic carbocycles. The molecular formula is C53H33N3O. The average Bonchev–Trinajstić information content (AvgIpc) is 3.66. The zero-order valence-electron chi connectivity index (χ0n) is 30.8. The summed E-state index contributed by atoms with van der Waals surface area (Å²) in [6, 6.07) is 67.0. The summed E-state index contributed by atoms with van der Waals surface area (Å²) >= 11 is 0. The summed E-state index contributed by atoms with van der Waals surface area (Å²) in [5.41, 5.74) is 6.97. The average molecular weight is 728 g/mol. The van der Waals surface area contributed by atoms with Crippen molar-refractivity contribution < 1.29 is 4.42 Å². The van der Waals surface area contributed by atoms with Crippen LogP contribution in [0, 0.1) is 0 Å². The van der Waals surface area contributed by atoms with Crippen LogP contribution in [-0.4, -0.2) is 11.7 Å². The number of benzene rings is 10. The van der Waals surface area contributed by atoms with Gasteiger partial charge in [-0.25, -0.2) is 9.98 Å². The number of nitrogens with one attached hydrogen (secondary N) is 1. The second-order valence-electron chi connectivity index (χ2n) is 15.0. The van der Waals surface area contributed by atoms with Gasteiger partial charge < -0.3 is 9.73 Å². The van der Waals surface area contributed by atoms with Gasteiger partial charge in [0, 0.05) is 27.5 Å². The standard InChI is InChI=1S/C53H33N3O/c1-4-13-40-32(9-1)12-7-16-43(40)37-27-28-44-49(31-37)57-48-18-8-17-45(50(44)48)53-55-51(38-25-23-35-21-19-33-10-2-5-14-41(33)46(35)29-38)54-52(56-53)39-26-24-36-22-20-34-11-3-6-15-42(34)47(36)30-39/h1-31,53H,(H,54,55,56). The van der Waals surface area contributed by atoms with E-state index in [1.165, 1.54) is 59.4 Å². The van der Waals surface area contributed by atoms with Gasteiger partial charge in [-0.3, -0.25) is 0 Å². The van der Waals surface area contributed by atoms with Crippen LogP contribution in [0.5, 0.6) is 0 Å². The van der Waals surface area contributed by atoms with Gasteiger partial charge in [0.2, 0.25) is 0 Å². The van der Waals surface area contributed by atoms with Gasteiger partial charge in [0.15, 0.2) is 6.17 Å². The molecule has 4 nitrogen and oxygen atoms in total. The molecular weight excluding hydrogens is 695 g/mol. The lowest BCUT2D eigenvalue weighted by molar-refractivity contribution is 0.668. The highest BCUT2D eigenvalue weighted by Gasteiger charge is 2.25. The second-order valence-corrected chi connectivity index (χ2v) is 15.0. The number of hydrogen-bond acceptors (Lipinski definition) is 4. The number of hydrogen-bond donors (Lipinski definition) is 1. The van der Waals surface area contributed by atoms with Crippen LogP contribution in [0.3, 0.4) is 0 Å². The van der Waals surface area contributed by atoms with Crippen LogP contribution in [0.15, 0.2) is 202 Å². The molecule has 12 rings (SSSR count). The van der Waals surface area contributed by atoms with Crippen molar-refractivity contribution in [2.75, 3.05) is 0 Å². The predicted molar refractivity (Wildman–Crippen MR) is 239 cm³/mol. The third-order valence-electron chi connectivity index (χ3n) is 11.7. The minimum absolute atomic E-state index is 0.523. The second kappa shape index (κ2) is 12.5. The summed E-state index contributed by atoms with van der Waals surface area (Å²) in [6.07, 6.45) is -0.523. The Morgan fingerprint density at radius 3 is 1.53 bits per heavy atom. The summed E-state index contributed by atoms with van der Waals surface area (Å²) in [7, 11) is 0. The van der Waals surface area contributed by atoms with Crippen LogP contribution in [0.1, 0.15) is 22.9 Å². The van der Waals surface area contributed by atoms with E-state index in [1.54, 1.807) is 0 Å². The molecule has 4 heteroatoms. The van der Waals surface area contributed by atoms with Crippen molar-refractivity contribution >= 4 is 87.5 Å². The number of furan rings is 1. The van der Waals surface area contributed by atoms with E-state index in [9.17, 15) is 0 Å². The van der Waals surface area contributed by atoms with E-state index in [2.05, 4.69) is 193 Å². The SMILES string of the molecule is c1ccc2c(-c3ccc4c(c3)oc3cccc(C5N=C(c6ccc7ccc8ccccc8c7c6)NC(c6ccc7ccc8ccccc8c7c6)=N5)c34)cccc2c1. The summed E-state index contributed by atoms with van der Waals surface area (Å²) in [6.45, 7) is 0. The van der Waals surface area contributed by atoms with E-state index in [4.69, 9.17) is 14.4 Å². The molecule has 0 saturated carbocycles. The maximum Gasteiger partial charge on any atom is 0.170 e. The highest BCUT2D eigenvalue weighted by atomic mass is 16.3. The first-order chi connectivity index (χ1) is 28.2. The smallest absolute Gasteiger partial charge is 0.170 e. The van der Waals surface area contributed by atoms with Gasteiger partial charge in [0.25, 0.3) is 0 Å². The molecule has 266 valence electrons. The summed E-state index contributed by atoms with van der Waals surface area (Å²) < 4.78 is 6.65. The van der Waals surface area contributed by atoms with Crippen molar-refractivity contribution in [2.24, 2.45) is 9.98 Å². The Balaban J connectivity index is 1.05. The van der Waals surface area contributed by atoms with Gasteiger partial charge in [-0.2, -0.15) is 0 Å². The molecule has 0 radical (unpaired) electrons. The molecule has 0 bridgehead atoms. The molecule has 0 aliphatic carbocycles. The Hall–Kier alpha value is -7.56. The molecule has 0 atom stereocenters. The van der Waals surface area contributed by atoms with Crippen LogP contribution in [0.4, 0.5) is 0 Å². The Kier molecular flexibility index (Phi) is 6.96. The molecule has 2 heterocycles. The first-order valence-corrected chi connectivity index (χ1v) is 19.4. The topological polar surface area (TPSA) is 49.9 Å². The van der Waals surface area contributed by atoms with E-state index in [0.717, 1.165) is 55.9 Å². The van der Waals surface area contributed by atoms with Crippen LogP contribution < -0.4 is 5.32 Å². The molecule has 1 N–H and O–H groups in total. The molecule has 0 fully saturated rings. The predicted octanol–water partition coefficient (Wildman–Crippen LogP) is 13.5. The molecule has 0 spiro atoms. The number of fused-ring (bicyclic) bond motifs is 10. The summed E-state index contributed by atoms with van der Waals surface area (Å²) in [5.74, 6) is 1.56. The van der Waals surface area contributed by atoms with Gasteiger partial charge in [-0.05, 0) is 95.3 Å². The highest BCUT2D eigenvalue weighted by Crippen LogP contribution is 2.40. The Labute approximate surface area is 328 Å². The normalized spacial score (nSPS) is 13.5. The van der Waals surface area contributed by atoms with Crippen molar-refractivity contribution in [3.63, 3.8) is 0 Å². The van der Waals surface area contributed by atoms with Crippen molar-refractivity contribution in [2.45, 2.75) is 6.17 Å². The van der Waals surface area contributed by atoms with Gasteiger partial charge in [0.05, 0.1) is 0 Å². The lowest BCUT2D eigenvalue weighted by Gasteiger charge is -2.23. The molecule has 11 aromatic rings. The number of rotatable bonds is 4. The lowest BCUT2D eigenvalue weighted by atomic mass is 9.96. The van der Waals surface area contributed by atoms with E-state index >= 15 is 0 Å². The summed E-state index contributed by atoms with van der Waals surface area (Å²) in [5, 5.41) is 17.9. The first-order valence-electron chi connectivity index (χ1n) is 19.4. The zero-order chi connectivity index (χ0) is 37.5. The quantitative estimate of drug-likeness (QED) is 0.184. The monoisotopic (exact) mass is 727 g/mol. The highest BCUT2D eigenvalue weighted by molar-refractivity contribution is 6.20. The Morgan fingerprint density at radius 1 is 0.368 bits per heavy atom. The minimum Gasteiger partial charge on any atom is -0.456 e. The molecule has 0 amide bonds. The van der Waals surface area contributed by atoms with Gasteiger partial charge >= 0.3 is 0 Å². The number of amidine groups is 2. The van der Waals surface area contributed by atoms with Crippen LogP contribution in [0.25, 0.3) is 86.9 Å². The van der Waals surface area contributed by atoms with Crippen molar-refractivity contribution in [1.29, 1.82) is 0 Å². The van der Waals surface area contributed by atoms with Crippen molar-refractivity contribution in [1.82, 2.24) is 5.32 Å². The Bertz CT molecular complexity index is 3380. The lowest BCUT2D eigenvalue weighted by Crippen LogP contribution is -2.36. The molecule has 1 aliphatic heterocycles.